The first-order valence-corrected chi connectivity index (χ1v) is 9.86. The zero-order valence-corrected chi connectivity index (χ0v) is 15.5. The summed E-state index contributed by atoms with van der Waals surface area (Å²) in [5, 5.41) is 0. The SMILES string of the molecule is c1ccc(CN2CCC[C@H](CN3CCN(c4cnccn4)CC3)C2)cc1. The van der Waals surface area contributed by atoms with Crippen LogP contribution in [0.15, 0.2) is 48.9 Å². The maximum atomic E-state index is 4.43. The van der Waals surface area contributed by atoms with Crippen molar-refractivity contribution in [3.8, 4) is 0 Å². The van der Waals surface area contributed by atoms with Gasteiger partial charge in [-0.05, 0) is 30.9 Å². The first-order chi connectivity index (χ1) is 12.9. The van der Waals surface area contributed by atoms with Gasteiger partial charge < -0.3 is 4.90 Å². The van der Waals surface area contributed by atoms with Crippen LogP contribution in [0.2, 0.25) is 0 Å². The Morgan fingerprint density at radius 3 is 2.54 bits per heavy atom. The number of benzene rings is 1. The molecule has 1 atom stereocenters. The number of rotatable bonds is 5. The van der Waals surface area contributed by atoms with Crippen molar-refractivity contribution in [3.05, 3.63) is 54.5 Å². The average Bonchev–Trinajstić information content (AvgIpc) is 2.70. The molecule has 5 heteroatoms. The van der Waals surface area contributed by atoms with Crippen LogP contribution in [0.1, 0.15) is 18.4 Å². The zero-order valence-electron chi connectivity index (χ0n) is 15.5. The first kappa shape index (κ1) is 17.4. The Kier molecular flexibility index (Phi) is 5.77. The Balaban J connectivity index is 1.24. The molecule has 0 saturated carbocycles. The molecule has 3 heterocycles. The number of anilines is 1. The van der Waals surface area contributed by atoms with Crippen LogP contribution in [-0.4, -0.2) is 65.6 Å². The summed E-state index contributed by atoms with van der Waals surface area (Å²) in [4.78, 5) is 16.3. The highest BCUT2D eigenvalue weighted by atomic mass is 15.3. The molecule has 1 aromatic heterocycles. The molecule has 0 bridgehead atoms. The number of hydrogen-bond donors (Lipinski definition) is 0. The van der Waals surface area contributed by atoms with E-state index < -0.39 is 0 Å². The van der Waals surface area contributed by atoms with Crippen LogP contribution in [0.3, 0.4) is 0 Å². The molecule has 2 fully saturated rings. The largest absolute Gasteiger partial charge is 0.353 e. The number of hydrogen-bond acceptors (Lipinski definition) is 5. The summed E-state index contributed by atoms with van der Waals surface area (Å²) in [5.41, 5.74) is 1.44. The fourth-order valence-corrected chi connectivity index (χ4v) is 4.26. The van der Waals surface area contributed by atoms with Crippen molar-refractivity contribution in [2.24, 2.45) is 5.92 Å². The minimum atomic E-state index is 0.801. The highest BCUT2D eigenvalue weighted by molar-refractivity contribution is 5.35. The van der Waals surface area contributed by atoms with Gasteiger partial charge in [0.05, 0.1) is 6.20 Å². The van der Waals surface area contributed by atoms with Crippen molar-refractivity contribution in [1.29, 1.82) is 0 Å². The van der Waals surface area contributed by atoms with Crippen molar-refractivity contribution >= 4 is 5.82 Å². The highest BCUT2D eigenvalue weighted by Crippen LogP contribution is 2.21. The van der Waals surface area contributed by atoms with E-state index in [2.05, 4.69) is 55.0 Å². The number of nitrogens with zero attached hydrogens (tertiary/aromatic N) is 5. The molecule has 0 amide bonds. The van der Waals surface area contributed by atoms with Crippen molar-refractivity contribution in [1.82, 2.24) is 19.8 Å². The Labute approximate surface area is 156 Å². The lowest BCUT2D eigenvalue weighted by atomic mass is 9.96. The summed E-state index contributed by atoms with van der Waals surface area (Å²) in [7, 11) is 0. The van der Waals surface area contributed by atoms with Gasteiger partial charge in [-0.1, -0.05) is 30.3 Å². The molecule has 2 saturated heterocycles. The minimum Gasteiger partial charge on any atom is -0.353 e. The second-order valence-corrected chi connectivity index (χ2v) is 7.58. The van der Waals surface area contributed by atoms with E-state index >= 15 is 0 Å². The maximum Gasteiger partial charge on any atom is 0.147 e. The summed E-state index contributed by atoms with van der Waals surface area (Å²) in [6.45, 7) is 9.18. The summed E-state index contributed by atoms with van der Waals surface area (Å²) in [5.74, 6) is 1.81. The minimum absolute atomic E-state index is 0.801. The van der Waals surface area contributed by atoms with E-state index in [0.29, 0.717) is 0 Å². The Morgan fingerprint density at radius 1 is 0.923 bits per heavy atom. The summed E-state index contributed by atoms with van der Waals surface area (Å²) in [6.07, 6.45) is 8.10. The van der Waals surface area contributed by atoms with Gasteiger partial charge >= 0.3 is 0 Å². The van der Waals surface area contributed by atoms with Gasteiger partial charge in [-0.3, -0.25) is 14.8 Å². The second-order valence-electron chi connectivity index (χ2n) is 7.58. The third-order valence-electron chi connectivity index (χ3n) is 5.61. The van der Waals surface area contributed by atoms with Crippen LogP contribution in [0.4, 0.5) is 5.82 Å². The maximum absolute atomic E-state index is 4.43. The molecule has 2 aliphatic heterocycles. The van der Waals surface area contributed by atoms with E-state index in [0.717, 1.165) is 44.5 Å². The summed E-state index contributed by atoms with van der Waals surface area (Å²) < 4.78 is 0. The lowest BCUT2D eigenvalue weighted by molar-refractivity contribution is 0.124. The Bertz CT molecular complexity index is 655. The molecule has 26 heavy (non-hydrogen) atoms. The number of aromatic nitrogens is 2. The second kappa shape index (κ2) is 8.60. The predicted molar refractivity (Wildman–Crippen MR) is 105 cm³/mol. The standard InChI is InChI=1S/C21H29N5/c1-2-5-19(6-3-1)16-25-10-4-7-20(18-25)17-24-11-13-26(14-12-24)21-15-22-8-9-23-21/h1-3,5-6,8-9,15,20H,4,7,10-14,16-18H2/t20-/m1/s1. The zero-order chi connectivity index (χ0) is 17.6. The van der Waals surface area contributed by atoms with Gasteiger partial charge in [0, 0.05) is 58.2 Å². The molecule has 0 spiro atoms. The van der Waals surface area contributed by atoms with Crippen LogP contribution in [0.25, 0.3) is 0 Å². The van der Waals surface area contributed by atoms with Gasteiger partial charge in [0.2, 0.25) is 0 Å². The summed E-state index contributed by atoms with van der Waals surface area (Å²) >= 11 is 0. The van der Waals surface area contributed by atoms with E-state index in [1.54, 1.807) is 12.4 Å². The lowest BCUT2D eigenvalue weighted by Gasteiger charge is -2.39. The van der Waals surface area contributed by atoms with E-state index in [1.165, 1.54) is 38.0 Å². The molecule has 0 N–H and O–H groups in total. The fraction of sp³-hybridized carbons (Fsp3) is 0.524. The lowest BCUT2D eigenvalue weighted by Crippen LogP contribution is -2.49. The van der Waals surface area contributed by atoms with Gasteiger partial charge in [-0.2, -0.15) is 0 Å². The number of likely N-dealkylation sites (tertiary alicyclic amines) is 1. The molecule has 4 rings (SSSR count). The molecular weight excluding hydrogens is 322 g/mol. The third kappa shape index (κ3) is 4.59. The fourth-order valence-electron chi connectivity index (χ4n) is 4.26. The van der Waals surface area contributed by atoms with Crippen molar-refractivity contribution in [3.63, 3.8) is 0 Å². The Morgan fingerprint density at radius 2 is 1.77 bits per heavy atom. The van der Waals surface area contributed by atoms with Crippen molar-refractivity contribution < 1.29 is 0 Å². The van der Waals surface area contributed by atoms with Gasteiger partial charge in [0.15, 0.2) is 0 Å². The third-order valence-corrected chi connectivity index (χ3v) is 5.61. The van der Waals surface area contributed by atoms with E-state index in [1.807, 2.05) is 6.20 Å². The van der Waals surface area contributed by atoms with Crippen LogP contribution >= 0.6 is 0 Å². The molecule has 0 aliphatic carbocycles. The van der Waals surface area contributed by atoms with Gasteiger partial charge in [-0.15, -0.1) is 0 Å². The molecular formula is C21H29N5. The molecule has 0 radical (unpaired) electrons. The van der Waals surface area contributed by atoms with Crippen LogP contribution in [-0.2, 0) is 6.54 Å². The van der Waals surface area contributed by atoms with Gasteiger partial charge in [0.1, 0.15) is 5.82 Å². The first-order valence-electron chi connectivity index (χ1n) is 9.86. The normalized spacial score (nSPS) is 22.5. The molecule has 138 valence electrons. The molecule has 5 nitrogen and oxygen atoms in total. The molecule has 2 aromatic rings. The van der Waals surface area contributed by atoms with E-state index in [9.17, 15) is 0 Å². The van der Waals surface area contributed by atoms with Gasteiger partial charge in [-0.25, -0.2) is 4.98 Å². The predicted octanol–water partition coefficient (Wildman–Crippen LogP) is 2.51. The molecule has 1 aromatic carbocycles. The van der Waals surface area contributed by atoms with E-state index in [-0.39, 0.29) is 0 Å². The molecule has 2 aliphatic rings. The average molecular weight is 351 g/mol. The van der Waals surface area contributed by atoms with Crippen molar-refractivity contribution in [2.45, 2.75) is 19.4 Å². The number of piperazine rings is 1. The van der Waals surface area contributed by atoms with Crippen LogP contribution in [0, 0.1) is 5.92 Å². The number of piperidine rings is 1. The molecule has 0 unspecified atom stereocenters. The van der Waals surface area contributed by atoms with Gasteiger partial charge in [0.25, 0.3) is 0 Å². The van der Waals surface area contributed by atoms with E-state index in [4.69, 9.17) is 0 Å². The van der Waals surface area contributed by atoms with Crippen LogP contribution < -0.4 is 4.90 Å². The Hall–Kier alpha value is -1.98. The topological polar surface area (TPSA) is 35.5 Å². The van der Waals surface area contributed by atoms with Crippen LogP contribution in [0.5, 0.6) is 0 Å². The summed E-state index contributed by atoms with van der Waals surface area (Å²) in [6, 6.07) is 10.9. The highest BCUT2D eigenvalue weighted by Gasteiger charge is 2.24. The smallest absolute Gasteiger partial charge is 0.147 e. The quantitative estimate of drug-likeness (QED) is 0.827. The van der Waals surface area contributed by atoms with Crippen molar-refractivity contribution in [2.75, 3.05) is 50.7 Å². The monoisotopic (exact) mass is 351 g/mol.